The van der Waals surface area contributed by atoms with E-state index in [1.54, 1.807) is 0 Å². The van der Waals surface area contributed by atoms with Crippen LogP contribution in [0.1, 0.15) is 323 Å². The number of carbonyl (C=O) groups excluding carboxylic acids is 3. The van der Waals surface area contributed by atoms with E-state index in [4.69, 9.17) is 14.2 Å². The van der Waals surface area contributed by atoms with Gasteiger partial charge < -0.3 is 14.2 Å². The smallest absolute Gasteiger partial charge is 0.306 e. The van der Waals surface area contributed by atoms with Crippen LogP contribution in [0.25, 0.3) is 0 Å². The van der Waals surface area contributed by atoms with Crippen LogP contribution in [0.4, 0.5) is 0 Å². The van der Waals surface area contributed by atoms with E-state index in [2.05, 4.69) is 27.7 Å². The van der Waals surface area contributed by atoms with Crippen molar-refractivity contribution in [2.75, 3.05) is 13.2 Å². The first-order chi connectivity index (χ1) is 30.9. The summed E-state index contributed by atoms with van der Waals surface area (Å²) in [5.74, 6) is 0.00900. The summed E-state index contributed by atoms with van der Waals surface area (Å²) in [6, 6.07) is 0. The summed E-state index contributed by atoms with van der Waals surface area (Å²) in [6.07, 6.45) is 55.3. The molecule has 0 aromatic heterocycles. The third-order valence-electron chi connectivity index (χ3n) is 13.0. The molecule has 0 saturated carbocycles. The summed E-state index contributed by atoms with van der Waals surface area (Å²) in [5, 5.41) is 0. The number of ether oxygens (including phenoxy) is 3. The molecule has 0 aromatic rings. The van der Waals surface area contributed by atoms with Crippen molar-refractivity contribution in [2.24, 2.45) is 5.92 Å². The Morgan fingerprint density at radius 3 is 0.778 bits per heavy atom. The summed E-state index contributed by atoms with van der Waals surface area (Å²) in [5.41, 5.74) is 0. The lowest BCUT2D eigenvalue weighted by Gasteiger charge is -2.18. The lowest BCUT2D eigenvalue weighted by Crippen LogP contribution is -2.30. The van der Waals surface area contributed by atoms with Gasteiger partial charge in [-0.1, -0.05) is 285 Å². The van der Waals surface area contributed by atoms with E-state index < -0.39 is 6.10 Å². The number of unbranched alkanes of at least 4 members (excludes halogenated alkanes) is 39. The maximum Gasteiger partial charge on any atom is 0.306 e. The Labute approximate surface area is 393 Å². The Morgan fingerprint density at radius 2 is 0.524 bits per heavy atom. The standard InChI is InChI=1S/C57H110O6/c1-5-7-9-11-13-15-16-17-18-19-20-23-27-30-34-38-42-46-50-57(60)63-54(51-61-55(58)48-44-40-36-31-14-12-10-8-6-2)52-62-56(59)49-45-41-37-33-29-26-24-21-22-25-28-32-35-39-43-47-53(3)4/h53-54H,5-52H2,1-4H3/t54-/m1/s1. The first-order valence-corrected chi connectivity index (χ1v) is 28.4. The van der Waals surface area contributed by atoms with Crippen molar-refractivity contribution in [3.63, 3.8) is 0 Å². The molecule has 63 heavy (non-hydrogen) atoms. The summed E-state index contributed by atoms with van der Waals surface area (Å²) in [7, 11) is 0. The fourth-order valence-corrected chi connectivity index (χ4v) is 8.75. The second-order valence-electron chi connectivity index (χ2n) is 20.1. The molecule has 0 fully saturated rings. The quantitative estimate of drug-likeness (QED) is 0.0344. The number of rotatable bonds is 52. The first kappa shape index (κ1) is 61.4. The zero-order valence-electron chi connectivity index (χ0n) is 43.0. The van der Waals surface area contributed by atoms with Gasteiger partial charge in [-0.25, -0.2) is 0 Å². The molecular formula is C57H110O6. The van der Waals surface area contributed by atoms with Crippen LogP contribution >= 0.6 is 0 Å². The van der Waals surface area contributed by atoms with Crippen molar-refractivity contribution in [3.05, 3.63) is 0 Å². The Kier molecular flexibility index (Phi) is 50.1. The fourth-order valence-electron chi connectivity index (χ4n) is 8.75. The maximum atomic E-state index is 12.8. The third kappa shape index (κ3) is 51.3. The maximum absolute atomic E-state index is 12.8. The van der Waals surface area contributed by atoms with Crippen LogP contribution in [0.15, 0.2) is 0 Å². The molecule has 374 valence electrons. The van der Waals surface area contributed by atoms with E-state index in [0.717, 1.165) is 63.7 Å². The lowest BCUT2D eigenvalue weighted by molar-refractivity contribution is -0.167. The second-order valence-corrected chi connectivity index (χ2v) is 20.1. The van der Waals surface area contributed by atoms with Gasteiger partial charge in [0.25, 0.3) is 0 Å². The van der Waals surface area contributed by atoms with Gasteiger partial charge >= 0.3 is 17.9 Å². The van der Waals surface area contributed by atoms with Gasteiger partial charge in [0.15, 0.2) is 6.10 Å². The zero-order chi connectivity index (χ0) is 45.9. The Balaban J connectivity index is 4.21. The molecule has 1 atom stereocenters. The Hall–Kier alpha value is -1.59. The van der Waals surface area contributed by atoms with Crippen molar-refractivity contribution >= 4 is 17.9 Å². The fraction of sp³-hybridized carbons (Fsp3) is 0.947. The predicted octanol–water partition coefficient (Wildman–Crippen LogP) is 18.6. The predicted molar refractivity (Wildman–Crippen MR) is 270 cm³/mol. The SMILES string of the molecule is CCCCCCCCCCCCCCCCCCCCC(=O)O[C@H](COC(=O)CCCCCCCCCCC)COC(=O)CCCCCCCCCCCCCCCCCC(C)C. The van der Waals surface area contributed by atoms with Gasteiger partial charge in [0.05, 0.1) is 0 Å². The second kappa shape index (κ2) is 51.4. The largest absolute Gasteiger partial charge is 0.462 e. The van der Waals surface area contributed by atoms with Gasteiger partial charge in [0.2, 0.25) is 0 Å². The average Bonchev–Trinajstić information content (AvgIpc) is 3.27. The van der Waals surface area contributed by atoms with Crippen LogP contribution in [-0.2, 0) is 28.6 Å². The normalized spacial score (nSPS) is 12.0. The monoisotopic (exact) mass is 891 g/mol. The summed E-state index contributed by atoms with van der Waals surface area (Å²) in [4.78, 5) is 38.0. The molecular weight excluding hydrogens is 781 g/mol. The Bertz CT molecular complexity index is 949. The molecule has 0 aliphatic heterocycles. The molecule has 0 aromatic carbocycles. The molecule has 0 bridgehead atoms. The van der Waals surface area contributed by atoms with Gasteiger partial charge in [-0.2, -0.15) is 0 Å². The summed E-state index contributed by atoms with van der Waals surface area (Å²) >= 11 is 0. The van der Waals surface area contributed by atoms with E-state index in [1.807, 2.05) is 0 Å². The average molecular weight is 892 g/mol. The highest BCUT2D eigenvalue weighted by atomic mass is 16.6. The van der Waals surface area contributed by atoms with Crippen LogP contribution in [0, 0.1) is 5.92 Å². The minimum absolute atomic E-state index is 0.0622. The zero-order valence-corrected chi connectivity index (χ0v) is 43.0. The van der Waals surface area contributed by atoms with Crippen molar-refractivity contribution < 1.29 is 28.6 Å². The topological polar surface area (TPSA) is 78.9 Å². The van der Waals surface area contributed by atoms with Crippen molar-refractivity contribution in [2.45, 2.75) is 329 Å². The molecule has 0 radical (unpaired) electrons. The number of hydrogen-bond acceptors (Lipinski definition) is 6. The van der Waals surface area contributed by atoms with Crippen LogP contribution in [-0.4, -0.2) is 37.2 Å². The Morgan fingerprint density at radius 1 is 0.302 bits per heavy atom. The van der Waals surface area contributed by atoms with Crippen LogP contribution < -0.4 is 0 Å². The van der Waals surface area contributed by atoms with Gasteiger partial charge in [-0.15, -0.1) is 0 Å². The number of esters is 3. The molecule has 0 rings (SSSR count). The van der Waals surface area contributed by atoms with E-state index in [0.29, 0.717) is 19.3 Å². The molecule has 0 amide bonds. The summed E-state index contributed by atoms with van der Waals surface area (Å²) in [6.45, 7) is 9.05. The third-order valence-corrected chi connectivity index (χ3v) is 13.0. The number of carbonyl (C=O) groups is 3. The molecule has 6 heteroatoms. The van der Waals surface area contributed by atoms with Gasteiger partial charge in [0.1, 0.15) is 13.2 Å². The van der Waals surface area contributed by atoms with E-state index in [1.165, 1.54) is 218 Å². The van der Waals surface area contributed by atoms with Crippen molar-refractivity contribution in [1.29, 1.82) is 0 Å². The highest BCUT2D eigenvalue weighted by Crippen LogP contribution is 2.18. The molecule has 0 unspecified atom stereocenters. The highest BCUT2D eigenvalue weighted by Gasteiger charge is 2.19. The van der Waals surface area contributed by atoms with E-state index >= 15 is 0 Å². The van der Waals surface area contributed by atoms with Crippen LogP contribution in [0.2, 0.25) is 0 Å². The van der Waals surface area contributed by atoms with Gasteiger partial charge in [0, 0.05) is 19.3 Å². The number of hydrogen-bond donors (Lipinski definition) is 0. The molecule has 0 aliphatic rings. The van der Waals surface area contributed by atoms with E-state index in [9.17, 15) is 14.4 Å². The molecule has 0 N–H and O–H groups in total. The summed E-state index contributed by atoms with van der Waals surface area (Å²) < 4.78 is 16.8. The highest BCUT2D eigenvalue weighted by molar-refractivity contribution is 5.71. The molecule has 0 spiro atoms. The van der Waals surface area contributed by atoms with Gasteiger partial charge in [-0.05, 0) is 25.2 Å². The van der Waals surface area contributed by atoms with Crippen molar-refractivity contribution in [1.82, 2.24) is 0 Å². The molecule has 6 nitrogen and oxygen atoms in total. The van der Waals surface area contributed by atoms with Crippen molar-refractivity contribution in [3.8, 4) is 0 Å². The molecule has 0 saturated heterocycles. The van der Waals surface area contributed by atoms with Gasteiger partial charge in [-0.3, -0.25) is 14.4 Å². The molecule has 0 heterocycles. The van der Waals surface area contributed by atoms with Crippen LogP contribution in [0.5, 0.6) is 0 Å². The van der Waals surface area contributed by atoms with Crippen LogP contribution in [0.3, 0.4) is 0 Å². The minimum atomic E-state index is -0.761. The minimum Gasteiger partial charge on any atom is -0.462 e. The lowest BCUT2D eigenvalue weighted by atomic mass is 10.0. The van der Waals surface area contributed by atoms with E-state index in [-0.39, 0.29) is 31.1 Å². The molecule has 0 aliphatic carbocycles. The first-order valence-electron chi connectivity index (χ1n) is 28.4.